The van der Waals surface area contributed by atoms with E-state index in [2.05, 4.69) is 20.8 Å². The minimum Gasteiger partial charge on any atom is -0.426 e. The van der Waals surface area contributed by atoms with E-state index in [1.54, 1.807) is 24.3 Å². The monoisotopic (exact) mass is 492 g/mol. The number of hydrogen-bond acceptors (Lipinski definition) is 4. The maximum atomic E-state index is 12.6. The molecule has 2 aromatic carbocycles. The summed E-state index contributed by atoms with van der Waals surface area (Å²) >= 11 is 0. The molecular weight excluding hydrogens is 448 g/mol. The second-order valence-corrected chi connectivity index (χ2v) is 10.6. The van der Waals surface area contributed by atoms with Gasteiger partial charge in [0.1, 0.15) is 11.5 Å². The van der Waals surface area contributed by atoms with Gasteiger partial charge in [0.25, 0.3) is 0 Å². The van der Waals surface area contributed by atoms with Crippen molar-refractivity contribution in [3.8, 4) is 11.5 Å². The van der Waals surface area contributed by atoms with Gasteiger partial charge in [-0.3, -0.25) is 4.79 Å². The normalized spacial score (nSPS) is 18.4. The highest BCUT2D eigenvalue weighted by atomic mass is 16.5. The summed E-state index contributed by atoms with van der Waals surface area (Å²) in [5, 5.41) is 0. The van der Waals surface area contributed by atoms with Crippen LogP contribution >= 0.6 is 0 Å². The number of benzene rings is 2. The third-order valence-electron chi connectivity index (χ3n) is 7.70. The maximum Gasteiger partial charge on any atom is 0.343 e. The Kier molecular flexibility index (Phi) is 11.5. The third-order valence-corrected chi connectivity index (χ3v) is 7.70. The number of esters is 2. The van der Waals surface area contributed by atoms with Crippen molar-refractivity contribution in [3.05, 3.63) is 59.7 Å². The molecule has 0 N–H and O–H groups in total. The molecule has 0 radical (unpaired) electrons. The Bertz CT molecular complexity index is 924. The predicted octanol–water partition coefficient (Wildman–Crippen LogP) is 8.57. The van der Waals surface area contributed by atoms with Gasteiger partial charge < -0.3 is 9.47 Å². The molecule has 0 aromatic heterocycles. The fourth-order valence-electron chi connectivity index (χ4n) is 4.98. The van der Waals surface area contributed by atoms with Crippen molar-refractivity contribution < 1.29 is 19.1 Å². The van der Waals surface area contributed by atoms with Crippen molar-refractivity contribution in [2.75, 3.05) is 0 Å². The highest BCUT2D eigenvalue weighted by Gasteiger charge is 2.27. The van der Waals surface area contributed by atoms with Gasteiger partial charge in [-0.05, 0) is 92.3 Å². The summed E-state index contributed by atoms with van der Waals surface area (Å²) in [6.07, 6.45) is 13.9. The zero-order valence-corrected chi connectivity index (χ0v) is 22.5. The molecule has 1 aliphatic carbocycles. The van der Waals surface area contributed by atoms with E-state index in [1.807, 2.05) is 24.3 Å². The predicted molar refractivity (Wildman–Crippen MR) is 145 cm³/mol. The molecule has 1 aliphatic rings. The molecule has 0 aliphatic heterocycles. The van der Waals surface area contributed by atoms with Crippen LogP contribution in [0.15, 0.2) is 48.5 Å². The first-order chi connectivity index (χ1) is 17.5. The summed E-state index contributed by atoms with van der Waals surface area (Å²) in [7, 11) is 0. The molecule has 2 aromatic rings. The van der Waals surface area contributed by atoms with Crippen molar-refractivity contribution in [3.63, 3.8) is 0 Å². The number of rotatable bonds is 13. The quantitative estimate of drug-likeness (QED) is 0.160. The van der Waals surface area contributed by atoms with Crippen molar-refractivity contribution >= 4 is 11.9 Å². The lowest BCUT2D eigenvalue weighted by Crippen LogP contribution is -2.25. The Morgan fingerprint density at radius 1 is 0.833 bits per heavy atom. The fourth-order valence-corrected chi connectivity index (χ4v) is 4.98. The van der Waals surface area contributed by atoms with Gasteiger partial charge in [-0.15, -0.1) is 0 Å². The topological polar surface area (TPSA) is 52.6 Å². The van der Waals surface area contributed by atoms with Crippen LogP contribution in [-0.2, 0) is 11.2 Å². The lowest BCUT2D eigenvalue weighted by molar-refractivity contribution is -0.140. The van der Waals surface area contributed by atoms with E-state index in [0.29, 0.717) is 17.1 Å². The molecule has 36 heavy (non-hydrogen) atoms. The van der Waals surface area contributed by atoms with Crippen molar-refractivity contribution in [2.45, 2.75) is 97.8 Å². The van der Waals surface area contributed by atoms with Crippen LogP contribution in [0.25, 0.3) is 0 Å². The molecule has 0 spiro atoms. The van der Waals surface area contributed by atoms with Crippen molar-refractivity contribution in [1.29, 1.82) is 0 Å². The molecule has 3 rings (SSSR count). The molecular formula is C32H44O4. The van der Waals surface area contributed by atoms with Crippen LogP contribution in [0.5, 0.6) is 11.5 Å². The SMILES string of the molecule is CCCCCC1CCC(C(=O)Oc2ccc(OC(=O)c3ccc(CCCC(C)CC)cc3)cc2)CC1. The minimum atomic E-state index is -0.387. The molecule has 0 amide bonds. The Hall–Kier alpha value is -2.62. The summed E-state index contributed by atoms with van der Waals surface area (Å²) in [6.45, 7) is 6.75. The minimum absolute atomic E-state index is 0.0112. The van der Waals surface area contributed by atoms with E-state index in [0.717, 1.165) is 50.4 Å². The fraction of sp³-hybridized carbons (Fsp3) is 0.562. The van der Waals surface area contributed by atoms with Gasteiger partial charge in [-0.25, -0.2) is 4.79 Å². The number of unbranched alkanes of at least 4 members (excludes halogenated alkanes) is 2. The average Bonchev–Trinajstić information content (AvgIpc) is 2.90. The van der Waals surface area contributed by atoms with E-state index in [9.17, 15) is 9.59 Å². The number of carbonyl (C=O) groups is 2. The van der Waals surface area contributed by atoms with Gasteiger partial charge in [-0.2, -0.15) is 0 Å². The van der Waals surface area contributed by atoms with Crippen molar-refractivity contribution in [2.24, 2.45) is 17.8 Å². The largest absolute Gasteiger partial charge is 0.426 e. The van der Waals surface area contributed by atoms with Gasteiger partial charge in [0.2, 0.25) is 0 Å². The maximum absolute atomic E-state index is 12.6. The van der Waals surface area contributed by atoms with Crippen molar-refractivity contribution in [1.82, 2.24) is 0 Å². The van der Waals surface area contributed by atoms with E-state index in [-0.39, 0.29) is 17.9 Å². The standard InChI is InChI=1S/C32H44O4/c1-4-6-7-10-25-12-16-27(17-13-25)31(33)35-29-20-22-30(23-21-29)36-32(34)28-18-14-26(15-19-28)11-8-9-24(3)5-2/h14-15,18-25,27H,4-13,16-17H2,1-3H3. The molecule has 0 heterocycles. The summed E-state index contributed by atoms with van der Waals surface area (Å²) in [6, 6.07) is 14.4. The molecule has 0 bridgehead atoms. The number of ether oxygens (including phenoxy) is 2. The van der Waals surface area contributed by atoms with E-state index in [1.165, 1.54) is 44.1 Å². The Morgan fingerprint density at radius 2 is 1.47 bits per heavy atom. The summed E-state index contributed by atoms with van der Waals surface area (Å²) < 4.78 is 11.1. The Balaban J connectivity index is 1.42. The first kappa shape index (κ1) is 28.0. The second kappa shape index (κ2) is 14.8. The number of carbonyl (C=O) groups excluding carboxylic acids is 2. The highest BCUT2D eigenvalue weighted by molar-refractivity contribution is 5.91. The van der Waals surface area contributed by atoms with Gasteiger partial charge >= 0.3 is 11.9 Å². The third kappa shape index (κ3) is 9.11. The van der Waals surface area contributed by atoms with Gasteiger partial charge in [0, 0.05) is 0 Å². The summed E-state index contributed by atoms with van der Waals surface area (Å²) in [4.78, 5) is 25.2. The summed E-state index contributed by atoms with van der Waals surface area (Å²) in [5.41, 5.74) is 1.77. The summed E-state index contributed by atoms with van der Waals surface area (Å²) in [5.74, 6) is 1.91. The van der Waals surface area contributed by atoms with Crippen LogP contribution < -0.4 is 9.47 Å². The van der Waals surface area contributed by atoms with Crippen LogP contribution in [0.3, 0.4) is 0 Å². The number of hydrogen-bond donors (Lipinski definition) is 0. The molecule has 1 unspecified atom stereocenters. The molecule has 196 valence electrons. The highest BCUT2D eigenvalue weighted by Crippen LogP contribution is 2.33. The average molecular weight is 493 g/mol. The van der Waals surface area contributed by atoms with Crippen LogP contribution in [0.1, 0.15) is 107 Å². The van der Waals surface area contributed by atoms with Gasteiger partial charge in [0.05, 0.1) is 11.5 Å². The van der Waals surface area contributed by atoms with Crippen LogP contribution in [0.4, 0.5) is 0 Å². The molecule has 0 saturated heterocycles. The zero-order chi connectivity index (χ0) is 25.8. The van der Waals surface area contributed by atoms with Crippen LogP contribution in [-0.4, -0.2) is 11.9 Å². The zero-order valence-electron chi connectivity index (χ0n) is 22.5. The van der Waals surface area contributed by atoms with E-state index < -0.39 is 0 Å². The molecule has 4 nitrogen and oxygen atoms in total. The van der Waals surface area contributed by atoms with Crippen LogP contribution in [0.2, 0.25) is 0 Å². The van der Waals surface area contributed by atoms with Gasteiger partial charge in [-0.1, -0.05) is 71.4 Å². The van der Waals surface area contributed by atoms with E-state index in [4.69, 9.17) is 9.47 Å². The Labute approximate surface area is 217 Å². The molecule has 1 fully saturated rings. The molecule has 4 heteroatoms. The first-order valence-electron chi connectivity index (χ1n) is 14.1. The van der Waals surface area contributed by atoms with Crippen LogP contribution in [0, 0.1) is 17.8 Å². The lowest BCUT2D eigenvalue weighted by atomic mass is 9.80. The van der Waals surface area contributed by atoms with Gasteiger partial charge in [0.15, 0.2) is 0 Å². The smallest absolute Gasteiger partial charge is 0.343 e. The molecule has 1 saturated carbocycles. The molecule has 1 atom stereocenters. The van der Waals surface area contributed by atoms with E-state index >= 15 is 0 Å². The lowest BCUT2D eigenvalue weighted by Gasteiger charge is -2.27. The first-order valence-corrected chi connectivity index (χ1v) is 14.1. The second-order valence-electron chi connectivity index (χ2n) is 10.6. The Morgan fingerprint density at radius 3 is 2.08 bits per heavy atom. The number of aryl methyl sites for hydroxylation is 1.